The molecule has 0 aromatic heterocycles. The maximum Gasteiger partial charge on any atom is 0.249 e. The number of rotatable bonds is 0. The second kappa shape index (κ2) is 3.42. The fourth-order valence-corrected chi connectivity index (χ4v) is 2.28. The van der Waals surface area contributed by atoms with E-state index in [0.717, 1.165) is 16.9 Å². The van der Waals surface area contributed by atoms with Gasteiger partial charge < -0.3 is 10.2 Å². The van der Waals surface area contributed by atoms with Gasteiger partial charge in [-0.15, -0.1) is 0 Å². The van der Waals surface area contributed by atoms with Crippen molar-refractivity contribution in [2.45, 2.75) is 19.9 Å². The highest BCUT2D eigenvalue weighted by atomic mass is 35.5. The van der Waals surface area contributed by atoms with E-state index in [-0.39, 0.29) is 11.9 Å². The van der Waals surface area contributed by atoms with Crippen LogP contribution in [0, 0.1) is 6.92 Å². The summed E-state index contributed by atoms with van der Waals surface area (Å²) in [5.74, 6) is 0.0354. The van der Waals surface area contributed by atoms with E-state index in [0.29, 0.717) is 5.02 Å². The number of likely N-dealkylation sites (N-methyl/N-ethyl adjacent to an activating group) is 1. The molecule has 0 bridgehead atoms. The molecule has 2 rings (SSSR count). The summed E-state index contributed by atoms with van der Waals surface area (Å²) in [4.78, 5) is 13.3. The molecule has 15 heavy (non-hydrogen) atoms. The van der Waals surface area contributed by atoms with Crippen molar-refractivity contribution in [1.82, 2.24) is 0 Å². The summed E-state index contributed by atoms with van der Waals surface area (Å²) in [6.45, 7) is 3.83. The van der Waals surface area contributed by atoms with Crippen molar-refractivity contribution in [1.29, 1.82) is 0 Å². The van der Waals surface area contributed by atoms with Gasteiger partial charge in [0.15, 0.2) is 0 Å². The van der Waals surface area contributed by atoms with E-state index in [4.69, 9.17) is 11.6 Å². The van der Waals surface area contributed by atoms with Crippen molar-refractivity contribution in [3.63, 3.8) is 0 Å². The Balaban J connectivity index is 2.60. The molecule has 1 heterocycles. The van der Waals surface area contributed by atoms with E-state index in [1.807, 2.05) is 26.0 Å². The fourth-order valence-electron chi connectivity index (χ4n) is 1.88. The largest absolute Gasteiger partial charge is 0.372 e. The zero-order chi connectivity index (χ0) is 11.2. The molecule has 4 heteroatoms. The summed E-state index contributed by atoms with van der Waals surface area (Å²) in [6.07, 6.45) is 0. The number of hydrogen-bond acceptors (Lipinski definition) is 2. The molecule has 0 radical (unpaired) electrons. The van der Waals surface area contributed by atoms with Gasteiger partial charge in [0.2, 0.25) is 5.91 Å². The van der Waals surface area contributed by atoms with Gasteiger partial charge in [0, 0.05) is 7.05 Å². The summed E-state index contributed by atoms with van der Waals surface area (Å²) >= 11 is 6.12. The van der Waals surface area contributed by atoms with Crippen molar-refractivity contribution in [2.75, 3.05) is 17.3 Å². The maximum atomic E-state index is 11.7. The molecule has 1 aliphatic rings. The fraction of sp³-hybridized carbons (Fsp3) is 0.364. The van der Waals surface area contributed by atoms with Gasteiger partial charge in [-0.1, -0.05) is 11.6 Å². The Bertz CT molecular complexity index is 431. The minimum absolute atomic E-state index is 0.0354. The van der Waals surface area contributed by atoms with Gasteiger partial charge >= 0.3 is 0 Å². The molecule has 0 spiro atoms. The highest BCUT2D eigenvalue weighted by Gasteiger charge is 2.28. The average Bonchev–Trinajstić information content (AvgIpc) is 2.13. The lowest BCUT2D eigenvalue weighted by atomic mass is 10.1. The second-order valence-electron chi connectivity index (χ2n) is 3.91. The van der Waals surface area contributed by atoms with Crippen molar-refractivity contribution < 1.29 is 4.79 Å². The normalized spacial score (nSPS) is 19.9. The lowest BCUT2D eigenvalue weighted by Gasteiger charge is -2.32. The number of aryl methyl sites for hydroxylation is 1. The molecule has 80 valence electrons. The SMILES string of the molecule is Cc1cc(Cl)c2c(c1)NC(C)C(=O)N2C. The second-order valence-corrected chi connectivity index (χ2v) is 4.31. The van der Waals surface area contributed by atoms with Crippen molar-refractivity contribution in [2.24, 2.45) is 0 Å². The number of fused-ring (bicyclic) bond motifs is 1. The third-order valence-corrected chi connectivity index (χ3v) is 2.90. The van der Waals surface area contributed by atoms with Gasteiger partial charge in [0.25, 0.3) is 0 Å². The molecule has 1 unspecified atom stereocenters. The Morgan fingerprint density at radius 2 is 2.13 bits per heavy atom. The molecular formula is C11H13ClN2O. The van der Waals surface area contributed by atoms with E-state index in [1.165, 1.54) is 0 Å². The Morgan fingerprint density at radius 3 is 2.80 bits per heavy atom. The van der Waals surface area contributed by atoms with E-state index in [1.54, 1.807) is 11.9 Å². The number of halogens is 1. The number of nitrogens with zero attached hydrogens (tertiary/aromatic N) is 1. The molecular weight excluding hydrogens is 212 g/mol. The van der Waals surface area contributed by atoms with Gasteiger partial charge in [-0.25, -0.2) is 0 Å². The van der Waals surface area contributed by atoms with E-state index in [9.17, 15) is 4.79 Å². The number of carbonyl (C=O) groups excluding carboxylic acids is 1. The molecule has 1 amide bonds. The molecule has 1 N–H and O–H groups in total. The molecule has 0 aliphatic carbocycles. The van der Waals surface area contributed by atoms with Gasteiger partial charge in [-0.2, -0.15) is 0 Å². The van der Waals surface area contributed by atoms with Crippen molar-refractivity contribution in [3.8, 4) is 0 Å². The summed E-state index contributed by atoms with van der Waals surface area (Å²) in [5.41, 5.74) is 2.78. The quantitative estimate of drug-likeness (QED) is 0.734. The zero-order valence-electron chi connectivity index (χ0n) is 8.97. The van der Waals surface area contributed by atoms with Gasteiger partial charge in [-0.05, 0) is 31.5 Å². The highest BCUT2D eigenvalue weighted by molar-refractivity contribution is 6.35. The van der Waals surface area contributed by atoms with Crippen LogP contribution in [-0.4, -0.2) is 19.0 Å². The lowest BCUT2D eigenvalue weighted by Crippen LogP contribution is -2.43. The van der Waals surface area contributed by atoms with Crippen molar-refractivity contribution in [3.05, 3.63) is 22.7 Å². The van der Waals surface area contributed by atoms with E-state index < -0.39 is 0 Å². The summed E-state index contributed by atoms with van der Waals surface area (Å²) in [7, 11) is 1.75. The first-order valence-electron chi connectivity index (χ1n) is 4.85. The molecule has 3 nitrogen and oxygen atoms in total. The predicted octanol–water partition coefficient (Wildman–Crippen LogP) is 2.43. The van der Waals surface area contributed by atoms with Gasteiger partial charge in [0.05, 0.1) is 16.4 Å². The summed E-state index contributed by atoms with van der Waals surface area (Å²) < 4.78 is 0. The highest BCUT2D eigenvalue weighted by Crippen LogP contribution is 2.37. The molecule has 1 atom stereocenters. The minimum atomic E-state index is -0.194. The minimum Gasteiger partial charge on any atom is -0.372 e. The lowest BCUT2D eigenvalue weighted by molar-refractivity contribution is -0.118. The van der Waals surface area contributed by atoms with Crippen LogP contribution in [0.15, 0.2) is 12.1 Å². The molecule has 1 aromatic rings. The average molecular weight is 225 g/mol. The summed E-state index contributed by atoms with van der Waals surface area (Å²) in [6, 6.07) is 3.67. The number of hydrogen-bond donors (Lipinski definition) is 1. The van der Waals surface area contributed by atoms with Crippen LogP contribution in [0.2, 0.25) is 5.02 Å². The maximum absolute atomic E-state index is 11.7. The first-order valence-corrected chi connectivity index (χ1v) is 5.22. The topological polar surface area (TPSA) is 32.3 Å². The molecule has 0 saturated carbocycles. The Hall–Kier alpha value is -1.22. The summed E-state index contributed by atoms with van der Waals surface area (Å²) in [5, 5.41) is 3.76. The van der Waals surface area contributed by atoms with Crippen LogP contribution in [0.4, 0.5) is 11.4 Å². The van der Waals surface area contributed by atoms with Crippen molar-refractivity contribution >= 4 is 28.9 Å². The monoisotopic (exact) mass is 224 g/mol. The standard InChI is InChI=1S/C11H13ClN2O/c1-6-4-8(12)10-9(5-6)13-7(2)11(15)14(10)3/h4-5,7,13H,1-3H3. The van der Waals surface area contributed by atoms with Crippen LogP contribution >= 0.6 is 11.6 Å². The van der Waals surface area contributed by atoms with E-state index >= 15 is 0 Å². The number of benzene rings is 1. The molecule has 1 aliphatic heterocycles. The number of amides is 1. The van der Waals surface area contributed by atoms with Crippen LogP contribution in [0.25, 0.3) is 0 Å². The molecule has 0 fully saturated rings. The molecule has 0 saturated heterocycles. The van der Waals surface area contributed by atoms with Crippen LogP contribution in [0.5, 0.6) is 0 Å². The third kappa shape index (κ3) is 1.57. The number of anilines is 2. The van der Waals surface area contributed by atoms with E-state index in [2.05, 4.69) is 5.32 Å². The predicted molar refractivity (Wildman–Crippen MR) is 62.7 cm³/mol. The smallest absolute Gasteiger partial charge is 0.249 e. The molecule has 1 aromatic carbocycles. The number of carbonyl (C=O) groups is 1. The van der Waals surface area contributed by atoms with Gasteiger partial charge in [0.1, 0.15) is 6.04 Å². The zero-order valence-corrected chi connectivity index (χ0v) is 9.72. The van der Waals surface area contributed by atoms with Crippen LogP contribution < -0.4 is 10.2 Å². The Morgan fingerprint density at radius 1 is 1.47 bits per heavy atom. The van der Waals surface area contributed by atoms with Crippen LogP contribution in [0.1, 0.15) is 12.5 Å². The Labute approximate surface area is 94.0 Å². The third-order valence-electron chi connectivity index (χ3n) is 2.62. The van der Waals surface area contributed by atoms with Crippen LogP contribution in [0.3, 0.4) is 0 Å². The van der Waals surface area contributed by atoms with Crippen LogP contribution in [-0.2, 0) is 4.79 Å². The first-order chi connectivity index (χ1) is 7.00. The Kier molecular flexibility index (Phi) is 2.35. The first kappa shape index (κ1) is 10.3. The van der Waals surface area contributed by atoms with Gasteiger partial charge in [-0.3, -0.25) is 4.79 Å². The number of nitrogens with one attached hydrogen (secondary N) is 1.